The monoisotopic (exact) mass is 370 g/mol. The lowest BCUT2D eigenvalue weighted by molar-refractivity contribution is 0.102. The van der Waals surface area contributed by atoms with Gasteiger partial charge in [0, 0.05) is 22.3 Å². The third-order valence-corrected chi connectivity index (χ3v) is 3.70. The van der Waals surface area contributed by atoms with Crippen molar-refractivity contribution in [1.82, 2.24) is 0 Å². The van der Waals surface area contributed by atoms with E-state index in [-0.39, 0.29) is 10.9 Å². The first-order valence-electron chi connectivity index (χ1n) is 6.31. The van der Waals surface area contributed by atoms with E-state index < -0.39 is 5.82 Å². The van der Waals surface area contributed by atoms with Gasteiger partial charge in [0.2, 0.25) is 0 Å². The van der Waals surface area contributed by atoms with Gasteiger partial charge in [0.25, 0.3) is 5.91 Å². The van der Waals surface area contributed by atoms with Crippen LogP contribution in [-0.4, -0.2) is 12.5 Å². The Morgan fingerprint density at radius 3 is 2.52 bits per heavy atom. The zero-order valence-corrected chi connectivity index (χ0v) is 13.6. The Kier molecular flexibility index (Phi) is 5.20. The highest BCUT2D eigenvalue weighted by Crippen LogP contribution is 2.32. The van der Waals surface area contributed by atoms with Gasteiger partial charge in [0.15, 0.2) is 0 Å². The topological polar surface area (TPSA) is 41.1 Å². The van der Waals surface area contributed by atoms with E-state index in [0.717, 1.165) is 18.3 Å². The van der Waals surface area contributed by atoms with E-state index in [0.29, 0.717) is 15.7 Å². The SMILES string of the molecule is CCNc1ccc(C(=O)Nc2c(Cl)cc(F)cc2Br)cc1. The molecule has 110 valence electrons. The summed E-state index contributed by atoms with van der Waals surface area (Å²) in [7, 11) is 0. The largest absolute Gasteiger partial charge is 0.385 e. The summed E-state index contributed by atoms with van der Waals surface area (Å²) in [5.41, 5.74) is 1.78. The number of hydrogen-bond acceptors (Lipinski definition) is 2. The highest BCUT2D eigenvalue weighted by Gasteiger charge is 2.12. The number of benzene rings is 2. The molecule has 0 aliphatic heterocycles. The Bertz CT molecular complexity index is 638. The van der Waals surface area contributed by atoms with Gasteiger partial charge in [-0.05, 0) is 59.3 Å². The fourth-order valence-electron chi connectivity index (χ4n) is 1.79. The second-order valence-electron chi connectivity index (χ2n) is 4.31. The fraction of sp³-hybridized carbons (Fsp3) is 0.133. The first-order chi connectivity index (χ1) is 10.0. The lowest BCUT2D eigenvalue weighted by Gasteiger charge is -2.10. The van der Waals surface area contributed by atoms with E-state index in [4.69, 9.17) is 11.6 Å². The molecule has 6 heteroatoms. The second-order valence-corrected chi connectivity index (χ2v) is 5.57. The van der Waals surface area contributed by atoms with Crippen LogP contribution >= 0.6 is 27.5 Å². The van der Waals surface area contributed by atoms with Gasteiger partial charge in [0.1, 0.15) is 5.82 Å². The first kappa shape index (κ1) is 15.8. The van der Waals surface area contributed by atoms with Crippen LogP contribution in [0.3, 0.4) is 0 Å². The Hall–Kier alpha value is -1.59. The Morgan fingerprint density at radius 2 is 1.95 bits per heavy atom. The molecule has 21 heavy (non-hydrogen) atoms. The summed E-state index contributed by atoms with van der Waals surface area (Å²) in [6, 6.07) is 9.45. The number of hydrogen-bond donors (Lipinski definition) is 2. The zero-order valence-electron chi connectivity index (χ0n) is 11.2. The third-order valence-electron chi connectivity index (χ3n) is 2.77. The highest BCUT2D eigenvalue weighted by molar-refractivity contribution is 9.10. The van der Waals surface area contributed by atoms with Gasteiger partial charge in [-0.25, -0.2) is 4.39 Å². The molecule has 0 unspecified atom stereocenters. The van der Waals surface area contributed by atoms with Crippen molar-refractivity contribution >= 4 is 44.8 Å². The summed E-state index contributed by atoms with van der Waals surface area (Å²) in [5.74, 6) is -0.785. The van der Waals surface area contributed by atoms with E-state index in [1.54, 1.807) is 12.1 Å². The summed E-state index contributed by atoms with van der Waals surface area (Å²) in [6.07, 6.45) is 0. The molecule has 0 fully saturated rings. The first-order valence-corrected chi connectivity index (χ1v) is 7.48. The van der Waals surface area contributed by atoms with Crippen molar-refractivity contribution in [1.29, 1.82) is 0 Å². The van der Waals surface area contributed by atoms with Crippen molar-refractivity contribution in [3.8, 4) is 0 Å². The number of anilines is 2. The number of carbonyl (C=O) groups excluding carboxylic acids is 1. The Labute approximate surface area is 135 Å². The van der Waals surface area contributed by atoms with E-state index >= 15 is 0 Å². The number of nitrogens with one attached hydrogen (secondary N) is 2. The molecule has 3 nitrogen and oxygen atoms in total. The Morgan fingerprint density at radius 1 is 1.29 bits per heavy atom. The molecule has 0 atom stereocenters. The van der Waals surface area contributed by atoms with Crippen LogP contribution in [0.25, 0.3) is 0 Å². The molecule has 0 radical (unpaired) electrons. The van der Waals surface area contributed by atoms with Gasteiger partial charge in [-0.3, -0.25) is 4.79 Å². The summed E-state index contributed by atoms with van der Waals surface area (Å²) >= 11 is 9.12. The molecule has 2 rings (SSSR count). The summed E-state index contributed by atoms with van der Waals surface area (Å²) in [6.45, 7) is 2.80. The maximum atomic E-state index is 13.2. The van der Waals surface area contributed by atoms with Crippen LogP contribution in [0.15, 0.2) is 40.9 Å². The van der Waals surface area contributed by atoms with E-state index in [9.17, 15) is 9.18 Å². The van der Waals surface area contributed by atoms with Gasteiger partial charge < -0.3 is 10.6 Å². The predicted octanol–water partition coefficient (Wildman–Crippen LogP) is 4.93. The molecule has 2 N–H and O–H groups in total. The average molecular weight is 372 g/mol. The number of carbonyl (C=O) groups is 1. The second kappa shape index (κ2) is 6.91. The van der Waals surface area contributed by atoms with Gasteiger partial charge in [-0.15, -0.1) is 0 Å². The molecule has 0 aliphatic carbocycles. The molecule has 0 saturated carbocycles. The van der Waals surface area contributed by atoms with Crippen LogP contribution in [0.1, 0.15) is 17.3 Å². The van der Waals surface area contributed by atoms with Crippen LogP contribution in [-0.2, 0) is 0 Å². The molecule has 1 amide bonds. The van der Waals surface area contributed by atoms with Crippen molar-refractivity contribution < 1.29 is 9.18 Å². The van der Waals surface area contributed by atoms with Crippen molar-refractivity contribution in [2.45, 2.75) is 6.92 Å². The van der Waals surface area contributed by atoms with E-state index in [2.05, 4.69) is 26.6 Å². The minimum Gasteiger partial charge on any atom is -0.385 e. The summed E-state index contributed by atoms with van der Waals surface area (Å²) in [5, 5.41) is 5.95. The molecule has 0 bridgehead atoms. The van der Waals surface area contributed by atoms with Crippen molar-refractivity contribution in [3.63, 3.8) is 0 Å². The lowest BCUT2D eigenvalue weighted by atomic mass is 10.2. The van der Waals surface area contributed by atoms with Crippen molar-refractivity contribution in [3.05, 3.63) is 57.3 Å². The number of amides is 1. The van der Waals surface area contributed by atoms with Crippen molar-refractivity contribution in [2.75, 3.05) is 17.2 Å². The fourth-order valence-corrected chi connectivity index (χ4v) is 2.69. The van der Waals surface area contributed by atoms with Gasteiger partial charge in [-0.2, -0.15) is 0 Å². The maximum Gasteiger partial charge on any atom is 0.255 e. The summed E-state index contributed by atoms with van der Waals surface area (Å²) in [4.78, 5) is 12.2. The molecular weight excluding hydrogens is 359 g/mol. The van der Waals surface area contributed by atoms with Crippen LogP contribution in [0.5, 0.6) is 0 Å². The van der Waals surface area contributed by atoms with Crippen LogP contribution in [0, 0.1) is 5.82 Å². The molecule has 2 aromatic carbocycles. The maximum absolute atomic E-state index is 13.2. The molecule has 2 aromatic rings. The molecule has 0 aromatic heterocycles. The Balaban J connectivity index is 2.18. The van der Waals surface area contributed by atoms with Gasteiger partial charge in [0.05, 0.1) is 10.7 Å². The zero-order chi connectivity index (χ0) is 15.4. The minimum absolute atomic E-state index is 0.138. The number of rotatable bonds is 4. The predicted molar refractivity (Wildman–Crippen MR) is 87.7 cm³/mol. The molecule has 0 saturated heterocycles. The van der Waals surface area contributed by atoms with Gasteiger partial charge >= 0.3 is 0 Å². The number of halogens is 3. The molecule has 0 spiro atoms. The highest BCUT2D eigenvalue weighted by atomic mass is 79.9. The van der Waals surface area contributed by atoms with E-state index in [1.807, 2.05) is 19.1 Å². The van der Waals surface area contributed by atoms with Crippen LogP contribution < -0.4 is 10.6 Å². The summed E-state index contributed by atoms with van der Waals surface area (Å²) < 4.78 is 13.5. The van der Waals surface area contributed by atoms with E-state index in [1.165, 1.54) is 6.07 Å². The molecule has 0 heterocycles. The minimum atomic E-state index is -0.472. The molecular formula is C15H13BrClFN2O. The van der Waals surface area contributed by atoms with Gasteiger partial charge in [-0.1, -0.05) is 11.6 Å². The quantitative estimate of drug-likeness (QED) is 0.800. The third kappa shape index (κ3) is 3.95. The standard InChI is InChI=1S/C15H13BrClFN2O/c1-2-19-11-5-3-9(4-6-11)15(21)20-14-12(16)7-10(18)8-13(14)17/h3-8,19H,2H2,1H3,(H,20,21). The lowest BCUT2D eigenvalue weighted by Crippen LogP contribution is -2.13. The van der Waals surface area contributed by atoms with Crippen LogP contribution in [0.4, 0.5) is 15.8 Å². The van der Waals surface area contributed by atoms with Crippen LogP contribution in [0.2, 0.25) is 5.02 Å². The molecule has 0 aliphatic rings. The smallest absolute Gasteiger partial charge is 0.255 e. The van der Waals surface area contributed by atoms with Crippen molar-refractivity contribution in [2.24, 2.45) is 0 Å². The normalized spacial score (nSPS) is 10.3. The average Bonchev–Trinajstić information content (AvgIpc) is 2.43.